The van der Waals surface area contributed by atoms with Crippen molar-refractivity contribution in [2.24, 2.45) is 0 Å². The van der Waals surface area contributed by atoms with Crippen LogP contribution >= 0.6 is 0 Å². The molecule has 0 saturated heterocycles. The van der Waals surface area contributed by atoms with Crippen LogP contribution in [0.15, 0.2) is 48.7 Å². The van der Waals surface area contributed by atoms with Gasteiger partial charge in [-0.15, -0.1) is 0 Å². The number of hydrazine groups is 1. The molecule has 1 aliphatic heterocycles. The van der Waals surface area contributed by atoms with Crippen LogP contribution in [-0.4, -0.2) is 31.7 Å². The summed E-state index contributed by atoms with van der Waals surface area (Å²) in [6.07, 6.45) is 1.29. The third-order valence-electron chi connectivity index (χ3n) is 4.26. The van der Waals surface area contributed by atoms with E-state index in [9.17, 15) is 29.8 Å². The maximum absolute atomic E-state index is 12.5. The summed E-state index contributed by atoms with van der Waals surface area (Å²) in [6, 6.07) is 9.66. The second-order valence-corrected chi connectivity index (χ2v) is 5.81. The number of non-ortho nitro benzene ring substituents is 1. The Hall–Kier alpha value is -4.41. The predicted molar refractivity (Wildman–Crippen MR) is 95.6 cm³/mol. The number of rotatable bonds is 4. The molecule has 0 saturated carbocycles. The van der Waals surface area contributed by atoms with E-state index in [-0.39, 0.29) is 27.7 Å². The molecule has 11 nitrogen and oxygen atoms in total. The Kier molecular flexibility index (Phi) is 3.70. The minimum atomic E-state index is -0.846. The Morgan fingerprint density at radius 3 is 2.07 bits per heavy atom. The molecule has 28 heavy (non-hydrogen) atoms. The monoisotopic (exact) mass is 379 g/mol. The summed E-state index contributed by atoms with van der Waals surface area (Å²) in [5, 5.41) is 23.5. The van der Waals surface area contributed by atoms with E-state index < -0.39 is 33.0 Å². The van der Waals surface area contributed by atoms with Crippen LogP contribution in [0.25, 0.3) is 10.9 Å². The average molecular weight is 379 g/mol. The van der Waals surface area contributed by atoms with Crippen LogP contribution in [0.2, 0.25) is 0 Å². The zero-order valence-electron chi connectivity index (χ0n) is 13.9. The fourth-order valence-corrected chi connectivity index (χ4v) is 3.02. The fourth-order valence-electron chi connectivity index (χ4n) is 3.02. The molecule has 4 rings (SSSR count). The van der Waals surface area contributed by atoms with Crippen molar-refractivity contribution in [3.05, 3.63) is 80.0 Å². The summed E-state index contributed by atoms with van der Waals surface area (Å²) >= 11 is 0. The van der Waals surface area contributed by atoms with Crippen molar-refractivity contribution in [3.8, 4) is 0 Å². The summed E-state index contributed by atoms with van der Waals surface area (Å²) in [5.74, 6) is -1.39. The van der Waals surface area contributed by atoms with Gasteiger partial charge in [-0.05, 0) is 24.3 Å². The number of carbonyl (C=O) groups is 2. The lowest BCUT2D eigenvalue weighted by atomic mass is 10.1. The van der Waals surface area contributed by atoms with Gasteiger partial charge in [0.05, 0.1) is 32.4 Å². The van der Waals surface area contributed by atoms with Crippen LogP contribution in [0.3, 0.4) is 0 Å². The zero-order chi connectivity index (χ0) is 20.0. The highest BCUT2D eigenvalue weighted by Gasteiger charge is 2.38. The number of benzene rings is 2. The topological polar surface area (TPSA) is 149 Å². The van der Waals surface area contributed by atoms with Crippen LogP contribution in [-0.2, 0) is 0 Å². The number of amides is 2. The van der Waals surface area contributed by atoms with E-state index in [1.165, 1.54) is 30.5 Å². The molecule has 1 N–H and O–H groups in total. The number of hydrogen-bond acceptors (Lipinski definition) is 8. The quantitative estimate of drug-likeness (QED) is 0.413. The maximum atomic E-state index is 12.5. The molecule has 0 radical (unpaired) electrons. The highest BCUT2D eigenvalue weighted by atomic mass is 16.6. The van der Waals surface area contributed by atoms with Crippen LogP contribution in [0.5, 0.6) is 0 Å². The number of nitro benzene ring substituents is 2. The van der Waals surface area contributed by atoms with Gasteiger partial charge >= 0.3 is 5.69 Å². The molecule has 11 heteroatoms. The largest absolute Gasteiger partial charge is 0.303 e. The van der Waals surface area contributed by atoms with E-state index in [4.69, 9.17) is 0 Å². The van der Waals surface area contributed by atoms with E-state index in [1.54, 1.807) is 12.1 Å². The van der Waals surface area contributed by atoms with Gasteiger partial charge in [0.1, 0.15) is 5.52 Å². The molecule has 0 atom stereocenters. The highest BCUT2D eigenvalue weighted by molar-refractivity contribution is 6.22. The number of carbonyl (C=O) groups excluding carboxylic acids is 2. The Balaban J connectivity index is 1.90. The molecular formula is C17H9N5O6. The molecule has 3 aromatic rings. The third-order valence-corrected chi connectivity index (χ3v) is 4.26. The van der Waals surface area contributed by atoms with Gasteiger partial charge in [0.2, 0.25) is 0 Å². The van der Waals surface area contributed by atoms with Crippen LogP contribution < -0.4 is 5.43 Å². The van der Waals surface area contributed by atoms with E-state index in [2.05, 4.69) is 10.4 Å². The van der Waals surface area contributed by atoms with Crippen molar-refractivity contribution >= 4 is 39.8 Å². The normalized spacial score (nSPS) is 12.9. The predicted octanol–water partition coefficient (Wildman–Crippen LogP) is 2.67. The SMILES string of the molecule is O=C1c2ccccc2C(=O)N1Nc1c([N+](=O)[O-])cc([N+](=O)[O-])c2cccnc12. The maximum Gasteiger partial charge on any atom is 0.303 e. The van der Waals surface area contributed by atoms with Gasteiger partial charge < -0.3 is 0 Å². The first-order valence-electron chi connectivity index (χ1n) is 7.85. The fraction of sp³-hybridized carbons (Fsp3) is 0. The Bertz CT molecular complexity index is 1170. The summed E-state index contributed by atoms with van der Waals surface area (Å²) in [6.45, 7) is 0. The van der Waals surface area contributed by atoms with Crippen molar-refractivity contribution in [2.75, 3.05) is 5.43 Å². The van der Waals surface area contributed by atoms with E-state index in [0.29, 0.717) is 5.01 Å². The molecule has 1 aliphatic rings. The number of imide groups is 1. The van der Waals surface area contributed by atoms with Gasteiger partial charge in [-0.25, -0.2) is 0 Å². The number of nitrogens with one attached hydrogen (secondary N) is 1. The highest BCUT2D eigenvalue weighted by Crippen LogP contribution is 2.39. The van der Waals surface area contributed by atoms with Gasteiger partial charge in [-0.2, -0.15) is 5.01 Å². The second kappa shape index (κ2) is 6.09. The average Bonchev–Trinajstić information content (AvgIpc) is 2.92. The number of pyridine rings is 1. The van der Waals surface area contributed by atoms with Gasteiger partial charge in [-0.1, -0.05) is 12.1 Å². The molecule has 1 aromatic heterocycles. The molecule has 2 amide bonds. The zero-order valence-corrected chi connectivity index (χ0v) is 13.9. The van der Waals surface area contributed by atoms with Crippen molar-refractivity contribution in [3.63, 3.8) is 0 Å². The number of hydrogen-bond donors (Lipinski definition) is 1. The summed E-state index contributed by atoms with van der Waals surface area (Å²) in [7, 11) is 0. The van der Waals surface area contributed by atoms with Crippen LogP contribution in [0, 0.1) is 20.2 Å². The molecule has 0 unspecified atom stereocenters. The van der Waals surface area contributed by atoms with E-state index >= 15 is 0 Å². The van der Waals surface area contributed by atoms with Crippen molar-refractivity contribution in [2.45, 2.75) is 0 Å². The number of nitro groups is 2. The Morgan fingerprint density at radius 1 is 0.893 bits per heavy atom. The molecule has 2 aromatic carbocycles. The lowest BCUT2D eigenvalue weighted by Crippen LogP contribution is -2.35. The van der Waals surface area contributed by atoms with Crippen LogP contribution in [0.1, 0.15) is 20.7 Å². The van der Waals surface area contributed by atoms with Gasteiger partial charge in [-0.3, -0.25) is 40.2 Å². The smallest absolute Gasteiger partial charge is 0.280 e. The minimum Gasteiger partial charge on any atom is -0.280 e. The molecule has 0 spiro atoms. The number of anilines is 1. The van der Waals surface area contributed by atoms with E-state index in [1.807, 2.05) is 0 Å². The van der Waals surface area contributed by atoms with Crippen molar-refractivity contribution in [1.29, 1.82) is 0 Å². The molecule has 0 aliphatic carbocycles. The Morgan fingerprint density at radius 2 is 1.50 bits per heavy atom. The minimum absolute atomic E-state index is 0.0252. The standard InChI is InChI=1S/C17H9N5O6/c23-16-9-4-1-2-5-10(9)17(24)20(16)19-15-13(22(27)28)8-12(21(25)26)11-6-3-7-18-14(11)15/h1-8,19H. The molecule has 2 heterocycles. The molecule has 0 fully saturated rings. The van der Waals surface area contributed by atoms with E-state index in [0.717, 1.165) is 6.07 Å². The lowest BCUT2D eigenvalue weighted by Gasteiger charge is -2.17. The summed E-state index contributed by atoms with van der Waals surface area (Å²) in [4.78, 5) is 50.3. The number of nitrogens with zero attached hydrogens (tertiary/aromatic N) is 4. The second-order valence-electron chi connectivity index (χ2n) is 5.81. The molecular weight excluding hydrogens is 370 g/mol. The number of aromatic nitrogens is 1. The third kappa shape index (κ3) is 2.41. The number of fused-ring (bicyclic) bond motifs is 2. The van der Waals surface area contributed by atoms with Crippen LogP contribution in [0.4, 0.5) is 17.1 Å². The first-order chi connectivity index (χ1) is 13.4. The van der Waals surface area contributed by atoms with Gasteiger partial charge in [0.25, 0.3) is 17.5 Å². The summed E-state index contributed by atoms with van der Waals surface area (Å²) in [5.41, 5.74) is 1.14. The van der Waals surface area contributed by atoms with Crippen molar-refractivity contribution < 1.29 is 19.4 Å². The Labute approximate surface area is 155 Å². The first kappa shape index (κ1) is 17.0. The lowest BCUT2D eigenvalue weighted by molar-refractivity contribution is -0.392. The van der Waals surface area contributed by atoms with Gasteiger partial charge in [0, 0.05) is 6.20 Å². The molecule has 0 bridgehead atoms. The van der Waals surface area contributed by atoms with Gasteiger partial charge in [0.15, 0.2) is 5.69 Å². The van der Waals surface area contributed by atoms with Crippen molar-refractivity contribution in [1.82, 2.24) is 9.99 Å². The summed E-state index contributed by atoms with van der Waals surface area (Å²) < 4.78 is 0. The molecule has 138 valence electrons. The first-order valence-corrected chi connectivity index (χ1v) is 7.85.